The van der Waals surface area contributed by atoms with Crippen molar-refractivity contribution in [2.75, 3.05) is 33.3 Å². The van der Waals surface area contributed by atoms with Crippen LogP contribution in [0.4, 0.5) is 0 Å². The third kappa shape index (κ3) is 4.73. The second-order valence-corrected chi connectivity index (χ2v) is 7.26. The topological polar surface area (TPSA) is 53.0 Å². The largest absolute Gasteiger partial charge is 0.497 e. The Morgan fingerprint density at radius 3 is 2.64 bits per heavy atom. The summed E-state index contributed by atoms with van der Waals surface area (Å²) in [7, 11) is 1.67. The first-order valence-electron chi connectivity index (χ1n) is 9.51. The van der Waals surface area contributed by atoms with Crippen LogP contribution >= 0.6 is 0 Å². The van der Waals surface area contributed by atoms with Crippen molar-refractivity contribution < 1.29 is 14.6 Å². The SMILES string of the molecule is COc1ccc(C2CCCCCN2C(=O)CN2CCCC(O)C2)cc1. The average molecular weight is 346 g/mol. The minimum absolute atomic E-state index is 0.149. The third-order valence-corrected chi connectivity index (χ3v) is 5.41. The van der Waals surface area contributed by atoms with E-state index in [9.17, 15) is 9.90 Å². The molecule has 2 aliphatic heterocycles. The number of nitrogens with zero attached hydrogens (tertiary/aromatic N) is 2. The van der Waals surface area contributed by atoms with Gasteiger partial charge in [-0.05, 0) is 49.9 Å². The molecule has 2 unspecified atom stereocenters. The highest BCUT2D eigenvalue weighted by molar-refractivity contribution is 5.79. The Balaban J connectivity index is 1.71. The zero-order chi connectivity index (χ0) is 17.6. The van der Waals surface area contributed by atoms with Crippen LogP contribution in [0.25, 0.3) is 0 Å². The van der Waals surface area contributed by atoms with Crippen molar-refractivity contribution >= 4 is 5.91 Å². The van der Waals surface area contributed by atoms with E-state index in [2.05, 4.69) is 21.9 Å². The monoisotopic (exact) mass is 346 g/mol. The van der Waals surface area contributed by atoms with E-state index in [1.54, 1.807) is 7.11 Å². The Kier molecular flexibility index (Phi) is 6.32. The van der Waals surface area contributed by atoms with Gasteiger partial charge in [0.1, 0.15) is 5.75 Å². The summed E-state index contributed by atoms with van der Waals surface area (Å²) in [5.41, 5.74) is 1.19. The van der Waals surface area contributed by atoms with Crippen LogP contribution in [0.3, 0.4) is 0 Å². The Bertz CT molecular complexity index is 561. The Hall–Kier alpha value is -1.59. The van der Waals surface area contributed by atoms with Gasteiger partial charge in [-0.2, -0.15) is 0 Å². The molecule has 0 bridgehead atoms. The number of methoxy groups -OCH3 is 1. The Labute approximate surface area is 150 Å². The number of hydrogen-bond acceptors (Lipinski definition) is 4. The lowest BCUT2D eigenvalue weighted by atomic mass is 10.0. The molecule has 2 fully saturated rings. The molecule has 0 spiro atoms. The lowest BCUT2D eigenvalue weighted by Gasteiger charge is -2.35. The number of rotatable bonds is 4. The van der Waals surface area contributed by atoms with E-state index in [-0.39, 0.29) is 18.1 Å². The van der Waals surface area contributed by atoms with Crippen molar-refractivity contribution in [2.24, 2.45) is 0 Å². The van der Waals surface area contributed by atoms with Crippen molar-refractivity contribution in [3.8, 4) is 5.75 Å². The summed E-state index contributed by atoms with van der Waals surface area (Å²) in [6.45, 7) is 2.77. The predicted molar refractivity (Wildman–Crippen MR) is 97.6 cm³/mol. The van der Waals surface area contributed by atoms with Gasteiger partial charge in [-0.3, -0.25) is 9.69 Å². The maximum absolute atomic E-state index is 13.0. The molecule has 1 aromatic carbocycles. The predicted octanol–water partition coefficient (Wildman–Crippen LogP) is 2.60. The normalized spacial score (nSPS) is 25.4. The van der Waals surface area contributed by atoms with Crippen molar-refractivity contribution in [3.63, 3.8) is 0 Å². The van der Waals surface area contributed by atoms with Crippen molar-refractivity contribution in [3.05, 3.63) is 29.8 Å². The fourth-order valence-electron chi connectivity index (χ4n) is 4.04. The van der Waals surface area contributed by atoms with Crippen LogP contribution in [0.15, 0.2) is 24.3 Å². The standard InChI is InChI=1S/C20H30N2O3/c1-25-18-10-8-16(9-11-18)19-7-3-2-4-13-22(19)20(24)15-21-12-5-6-17(23)14-21/h8-11,17,19,23H,2-7,12-15H2,1H3. The van der Waals surface area contributed by atoms with Crippen LogP contribution in [0, 0.1) is 0 Å². The number of likely N-dealkylation sites (tertiary alicyclic amines) is 2. The van der Waals surface area contributed by atoms with Crippen LogP contribution < -0.4 is 4.74 Å². The van der Waals surface area contributed by atoms with E-state index < -0.39 is 0 Å². The number of β-amino-alcohol motifs (C(OH)–C–C–N with tert-alkyl or cyclic N) is 1. The molecule has 2 atom stereocenters. The molecule has 0 aliphatic carbocycles. The molecule has 1 amide bonds. The molecule has 0 radical (unpaired) electrons. The number of hydrogen-bond donors (Lipinski definition) is 1. The highest BCUT2D eigenvalue weighted by Crippen LogP contribution is 2.31. The second-order valence-electron chi connectivity index (χ2n) is 7.26. The van der Waals surface area contributed by atoms with Crippen molar-refractivity contribution in [2.45, 2.75) is 50.7 Å². The number of aliphatic hydroxyl groups excluding tert-OH is 1. The first-order valence-corrected chi connectivity index (χ1v) is 9.51. The lowest BCUT2D eigenvalue weighted by molar-refractivity contribution is -0.135. The Morgan fingerprint density at radius 1 is 1.12 bits per heavy atom. The highest BCUT2D eigenvalue weighted by Gasteiger charge is 2.29. The molecule has 5 nitrogen and oxygen atoms in total. The van der Waals surface area contributed by atoms with Gasteiger partial charge in [-0.15, -0.1) is 0 Å². The van der Waals surface area contributed by atoms with Gasteiger partial charge in [0, 0.05) is 13.1 Å². The number of carbonyl (C=O) groups excluding carboxylic acids is 1. The zero-order valence-electron chi connectivity index (χ0n) is 15.2. The summed E-state index contributed by atoms with van der Waals surface area (Å²) >= 11 is 0. The fraction of sp³-hybridized carbons (Fsp3) is 0.650. The molecule has 2 heterocycles. The summed E-state index contributed by atoms with van der Waals surface area (Å²) in [6, 6.07) is 8.27. The fourth-order valence-corrected chi connectivity index (χ4v) is 4.04. The molecule has 0 aromatic heterocycles. The van der Waals surface area contributed by atoms with Crippen LogP contribution in [0.1, 0.15) is 50.1 Å². The van der Waals surface area contributed by atoms with Gasteiger partial charge in [0.05, 0.1) is 25.8 Å². The van der Waals surface area contributed by atoms with Gasteiger partial charge >= 0.3 is 0 Å². The van der Waals surface area contributed by atoms with E-state index in [0.717, 1.165) is 50.9 Å². The van der Waals surface area contributed by atoms with E-state index in [4.69, 9.17) is 4.74 Å². The second kappa shape index (κ2) is 8.68. The van der Waals surface area contributed by atoms with E-state index in [1.807, 2.05) is 12.1 Å². The minimum Gasteiger partial charge on any atom is -0.497 e. The van der Waals surface area contributed by atoms with Crippen LogP contribution in [-0.2, 0) is 4.79 Å². The van der Waals surface area contributed by atoms with Gasteiger partial charge < -0.3 is 14.7 Å². The number of carbonyl (C=O) groups is 1. The summed E-state index contributed by atoms with van der Waals surface area (Å²) in [6.07, 6.45) is 5.95. The smallest absolute Gasteiger partial charge is 0.237 e. The maximum atomic E-state index is 13.0. The summed E-state index contributed by atoms with van der Waals surface area (Å²) < 4.78 is 5.26. The van der Waals surface area contributed by atoms with Crippen LogP contribution in [-0.4, -0.2) is 60.2 Å². The first-order chi connectivity index (χ1) is 12.2. The molecule has 2 saturated heterocycles. The first kappa shape index (κ1) is 18.2. The van der Waals surface area contributed by atoms with Crippen LogP contribution in [0.5, 0.6) is 5.75 Å². The molecule has 1 aromatic rings. The molecular weight excluding hydrogens is 316 g/mol. The number of benzene rings is 1. The van der Waals surface area contributed by atoms with Gasteiger partial charge in [-0.25, -0.2) is 0 Å². The highest BCUT2D eigenvalue weighted by atomic mass is 16.5. The molecule has 1 N–H and O–H groups in total. The summed E-state index contributed by atoms with van der Waals surface area (Å²) in [5, 5.41) is 9.85. The number of aliphatic hydroxyl groups is 1. The zero-order valence-corrected chi connectivity index (χ0v) is 15.2. The Morgan fingerprint density at radius 2 is 1.92 bits per heavy atom. The average Bonchev–Trinajstić information content (AvgIpc) is 2.88. The number of amides is 1. The van der Waals surface area contributed by atoms with E-state index in [1.165, 1.54) is 12.0 Å². The third-order valence-electron chi connectivity index (χ3n) is 5.41. The quantitative estimate of drug-likeness (QED) is 0.910. The molecule has 5 heteroatoms. The van der Waals surface area contributed by atoms with Crippen molar-refractivity contribution in [1.82, 2.24) is 9.80 Å². The van der Waals surface area contributed by atoms with Gasteiger partial charge in [0.25, 0.3) is 0 Å². The molecule has 2 aliphatic rings. The molecule has 138 valence electrons. The van der Waals surface area contributed by atoms with Gasteiger partial charge in [-0.1, -0.05) is 25.0 Å². The van der Waals surface area contributed by atoms with Crippen LogP contribution in [0.2, 0.25) is 0 Å². The van der Waals surface area contributed by atoms with Crippen molar-refractivity contribution in [1.29, 1.82) is 0 Å². The van der Waals surface area contributed by atoms with E-state index in [0.29, 0.717) is 13.1 Å². The maximum Gasteiger partial charge on any atom is 0.237 e. The molecule has 0 saturated carbocycles. The lowest BCUT2D eigenvalue weighted by Crippen LogP contribution is -2.46. The van der Waals surface area contributed by atoms with Gasteiger partial charge in [0.15, 0.2) is 0 Å². The van der Waals surface area contributed by atoms with Gasteiger partial charge in [0.2, 0.25) is 5.91 Å². The summed E-state index contributed by atoms with van der Waals surface area (Å²) in [5.74, 6) is 1.04. The van der Waals surface area contributed by atoms with E-state index >= 15 is 0 Å². The molecular formula is C20H30N2O3. The minimum atomic E-state index is -0.289. The molecule has 3 rings (SSSR count). The number of piperidine rings is 1. The number of ether oxygens (including phenoxy) is 1. The summed E-state index contributed by atoms with van der Waals surface area (Å²) in [4.78, 5) is 17.2. The molecule has 25 heavy (non-hydrogen) atoms.